The molecule has 0 aliphatic carbocycles. The molecule has 0 amide bonds. The van der Waals surface area contributed by atoms with Crippen molar-refractivity contribution < 1.29 is 37.1 Å². The summed E-state index contributed by atoms with van der Waals surface area (Å²) in [6.45, 7) is 9.74. The van der Waals surface area contributed by atoms with Gasteiger partial charge < -0.3 is 27.5 Å². The van der Waals surface area contributed by atoms with Gasteiger partial charge in [0.15, 0.2) is 11.5 Å². The lowest BCUT2D eigenvalue weighted by atomic mass is 10.2. The predicted octanol–water partition coefficient (Wildman–Crippen LogP) is 4.79. The highest BCUT2D eigenvalue weighted by atomic mass is 28.4. The van der Waals surface area contributed by atoms with Crippen molar-refractivity contribution in [3.05, 3.63) is 29.8 Å². The maximum atomic E-state index is 12.4. The van der Waals surface area contributed by atoms with Crippen LogP contribution in [0.2, 0.25) is 6.04 Å². The molecule has 0 unspecified atom stereocenters. The third-order valence-corrected chi connectivity index (χ3v) is 7.71. The fourth-order valence-corrected chi connectivity index (χ4v) is 5.86. The molecule has 0 N–H and O–H groups in total. The van der Waals surface area contributed by atoms with Gasteiger partial charge in [0.1, 0.15) is 0 Å². The smallest absolute Gasteiger partial charge is 0.490 e. The highest BCUT2D eigenvalue weighted by Crippen LogP contribution is 2.29. The molecular weight excluding hydrogens is 444 g/mol. The molecule has 0 radical (unpaired) electrons. The number of esters is 2. The molecule has 0 bridgehead atoms. The van der Waals surface area contributed by atoms with Gasteiger partial charge in [0.2, 0.25) is 0 Å². The second-order valence-electron chi connectivity index (χ2n) is 7.01. The van der Waals surface area contributed by atoms with E-state index in [2.05, 4.69) is 4.74 Å². The number of hydrogen-bond acceptors (Lipinski definition) is 8. The Balaban J connectivity index is 2.59. The van der Waals surface area contributed by atoms with Crippen molar-refractivity contribution in [3.63, 3.8) is 0 Å². The Hall–Kier alpha value is -2.20. The first-order valence-electron chi connectivity index (χ1n) is 11.6. The van der Waals surface area contributed by atoms with E-state index in [9.17, 15) is 9.59 Å². The number of ether oxygens (including phenoxy) is 3. The molecule has 1 aromatic carbocycles. The molecule has 0 fully saturated rings. The molecule has 8 nitrogen and oxygen atoms in total. The summed E-state index contributed by atoms with van der Waals surface area (Å²) in [5, 5.41) is 0. The highest BCUT2D eigenvalue weighted by Gasteiger charge is 2.39. The molecule has 186 valence electrons. The number of hydrogen-bond donors (Lipinski definition) is 0. The Morgan fingerprint density at radius 2 is 1.55 bits per heavy atom. The van der Waals surface area contributed by atoms with Gasteiger partial charge in [-0.05, 0) is 64.3 Å². The quantitative estimate of drug-likeness (QED) is 0.103. The second-order valence-corrected chi connectivity index (χ2v) is 9.74. The van der Waals surface area contributed by atoms with Gasteiger partial charge >= 0.3 is 20.7 Å². The number of unbranched alkanes of at least 4 members (excludes halogenated alkanes) is 2. The van der Waals surface area contributed by atoms with Crippen LogP contribution in [-0.2, 0) is 27.6 Å². The van der Waals surface area contributed by atoms with E-state index >= 15 is 0 Å². The molecule has 0 atom stereocenters. The Labute approximate surface area is 198 Å². The monoisotopic (exact) mass is 482 g/mol. The summed E-state index contributed by atoms with van der Waals surface area (Å²) in [7, 11) is -1.32. The molecule has 33 heavy (non-hydrogen) atoms. The van der Waals surface area contributed by atoms with Gasteiger partial charge in [-0.25, -0.2) is 4.79 Å². The van der Waals surface area contributed by atoms with Gasteiger partial charge in [-0.15, -0.1) is 0 Å². The van der Waals surface area contributed by atoms with E-state index in [0.29, 0.717) is 50.8 Å². The molecule has 9 heteroatoms. The van der Waals surface area contributed by atoms with Gasteiger partial charge in [0, 0.05) is 38.4 Å². The van der Waals surface area contributed by atoms with Crippen LogP contribution in [0.4, 0.5) is 0 Å². The first kappa shape index (κ1) is 28.8. The van der Waals surface area contributed by atoms with Gasteiger partial charge in [-0.1, -0.05) is 12.5 Å². The predicted molar refractivity (Wildman–Crippen MR) is 128 cm³/mol. The van der Waals surface area contributed by atoms with E-state index in [1.54, 1.807) is 24.3 Å². The molecular formula is C24H38O8Si. The van der Waals surface area contributed by atoms with Crippen molar-refractivity contribution in [3.8, 4) is 11.5 Å². The third kappa shape index (κ3) is 11.0. The molecule has 0 aliphatic rings. The number of methoxy groups -OCH3 is 1. The SMILES string of the molecule is CCOc1cc(/C=C/C(=O)OC)ccc1OC(=O)CCCCC[Si](OCC)(OCC)OCC. The van der Waals surface area contributed by atoms with Crippen molar-refractivity contribution in [2.75, 3.05) is 33.5 Å². The fourth-order valence-electron chi connectivity index (χ4n) is 3.18. The lowest BCUT2D eigenvalue weighted by Crippen LogP contribution is -2.45. The molecule has 0 saturated heterocycles. The second kappa shape index (κ2) is 16.4. The summed E-state index contributed by atoms with van der Waals surface area (Å²) in [5.74, 6) is 0.0233. The highest BCUT2D eigenvalue weighted by molar-refractivity contribution is 6.60. The summed E-state index contributed by atoms with van der Waals surface area (Å²) in [6.07, 6.45) is 5.60. The summed E-state index contributed by atoms with van der Waals surface area (Å²) >= 11 is 0. The van der Waals surface area contributed by atoms with E-state index in [4.69, 9.17) is 22.8 Å². The van der Waals surface area contributed by atoms with Crippen LogP contribution in [0.1, 0.15) is 58.9 Å². The number of carbonyl (C=O) groups is 2. The van der Waals surface area contributed by atoms with Gasteiger partial charge in [0.05, 0.1) is 13.7 Å². The summed E-state index contributed by atoms with van der Waals surface area (Å²) in [6, 6.07) is 5.84. The maximum absolute atomic E-state index is 12.4. The molecule has 0 aromatic heterocycles. The van der Waals surface area contributed by atoms with Crippen LogP contribution in [0.5, 0.6) is 11.5 Å². The minimum absolute atomic E-state index is 0.294. The number of rotatable bonds is 17. The van der Waals surface area contributed by atoms with E-state index in [-0.39, 0.29) is 5.97 Å². The van der Waals surface area contributed by atoms with Crippen molar-refractivity contribution in [1.29, 1.82) is 0 Å². The van der Waals surface area contributed by atoms with Crippen molar-refractivity contribution in [1.82, 2.24) is 0 Å². The molecule has 0 spiro atoms. The first-order chi connectivity index (χ1) is 15.9. The normalized spacial score (nSPS) is 11.5. The lowest BCUT2D eigenvalue weighted by molar-refractivity contribution is -0.135. The molecule has 1 rings (SSSR count). The topological polar surface area (TPSA) is 89.5 Å². The first-order valence-corrected chi connectivity index (χ1v) is 13.5. The van der Waals surface area contributed by atoms with Crippen molar-refractivity contribution >= 4 is 26.8 Å². The van der Waals surface area contributed by atoms with Crippen molar-refractivity contribution in [2.45, 2.75) is 59.4 Å². The standard InChI is InChI=1S/C24H38O8Si/c1-6-28-22-19-20(15-17-23(25)27-5)14-16-21(22)32-24(26)13-11-10-12-18-33(29-7-2,30-8-3)31-9-4/h14-17,19H,6-13,18H2,1-5H3/b17-15+. The zero-order chi connectivity index (χ0) is 24.5. The van der Waals surface area contributed by atoms with Crippen LogP contribution in [0.25, 0.3) is 6.08 Å². The van der Waals surface area contributed by atoms with E-state index in [0.717, 1.165) is 24.4 Å². The van der Waals surface area contributed by atoms with Gasteiger partial charge in [0.25, 0.3) is 0 Å². The van der Waals surface area contributed by atoms with Crippen LogP contribution in [0.15, 0.2) is 24.3 Å². The zero-order valence-electron chi connectivity index (χ0n) is 20.5. The van der Waals surface area contributed by atoms with E-state index in [1.807, 2.05) is 27.7 Å². The van der Waals surface area contributed by atoms with Crippen LogP contribution in [0, 0.1) is 0 Å². The van der Waals surface area contributed by atoms with Gasteiger partial charge in [-0.3, -0.25) is 4.79 Å². The Kier molecular flexibility index (Phi) is 14.3. The minimum atomic E-state index is -2.64. The molecule has 0 aliphatic heterocycles. The maximum Gasteiger partial charge on any atom is 0.500 e. The summed E-state index contributed by atoms with van der Waals surface area (Å²) in [5.41, 5.74) is 0.731. The number of benzene rings is 1. The fraction of sp³-hybridized carbons (Fsp3) is 0.583. The lowest BCUT2D eigenvalue weighted by Gasteiger charge is -2.28. The van der Waals surface area contributed by atoms with Crippen LogP contribution in [0.3, 0.4) is 0 Å². The third-order valence-electron chi connectivity index (χ3n) is 4.56. The molecule has 1 aromatic rings. The molecule has 0 saturated carbocycles. The average molecular weight is 483 g/mol. The van der Waals surface area contributed by atoms with E-state index < -0.39 is 14.8 Å². The largest absolute Gasteiger partial charge is 0.500 e. The Morgan fingerprint density at radius 1 is 0.879 bits per heavy atom. The Bertz CT molecular complexity index is 733. The van der Waals surface area contributed by atoms with Crippen LogP contribution < -0.4 is 9.47 Å². The van der Waals surface area contributed by atoms with Gasteiger partial charge in [-0.2, -0.15) is 0 Å². The molecule has 0 heterocycles. The van der Waals surface area contributed by atoms with E-state index in [1.165, 1.54) is 13.2 Å². The summed E-state index contributed by atoms with van der Waals surface area (Å²) in [4.78, 5) is 23.6. The average Bonchev–Trinajstić information content (AvgIpc) is 2.79. The Morgan fingerprint density at radius 3 is 2.12 bits per heavy atom. The van der Waals surface area contributed by atoms with Crippen molar-refractivity contribution in [2.24, 2.45) is 0 Å². The van der Waals surface area contributed by atoms with Crippen LogP contribution in [-0.4, -0.2) is 54.3 Å². The zero-order valence-corrected chi connectivity index (χ0v) is 21.5. The van der Waals surface area contributed by atoms with Crippen LogP contribution >= 0.6 is 0 Å². The minimum Gasteiger partial charge on any atom is -0.490 e. The summed E-state index contributed by atoms with van der Waals surface area (Å²) < 4.78 is 33.3. The number of carbonyl (C=O) groups excluding carboxylic acids is 2.